The van der Waals surface area contributed by atoms with Gasteiger partial charge in [0.05, 0.1) is 5.56 Å². The van der Waals surface area contributed by atoms with Crippen molar-refractivity contribution in [2.45, 2.75) is 13.8 Å². The average molecular weight is 243 g/mol. The van der Waals surface area contributed by atoms with Crippen molar-refractivity contribution in [3.05, 3.63) is 53.2 Å². The molecule has 0 fully saturated rings. The minimum atomic E-state index is -0.997. The molecule has 2 rings (SSSR count). The van der Waals surface area contributed by atoms with Crippen LogP contribution in [0.1, 0.15) is 21.5 Å². The second-order valence-corrected chi connectivity index (χ2v) is 4.06. The van der Waals surface area contributed by atoms with E-state index in [0.29, 0.717) is 5.75 Å². The predicted octanol–water partition coefficient (Wildman–Crippen LogP) is 3.19. The fourth-order valence-electron chi connectivity index (χ4n) is 1.62. The highest BCUT2D eigenvalue weighted by molar-refractivity contribution is 5.87. The maximum atomic E-state index is 10.8. The number of aromatic nitrogens is 1. The van der Waals surface area contributed by atoms with Crippen LogP contribution in [0.4, 0.5) is 0 Å². The molecule has 0 aliphatic rings. The molecule has 0 unspecified atom stereocenters. The lowest BCUT2D eigenvalue weighted by Crippen LogP contribution is -1.98. The summed E-state index contributed by atoms with van der Waals surface area (Å²) in [5, 5.41) is 8.88. The van der Waals surface area contributed by atoms with Crippen LogP contribution in [0, 0.1) is 13.8 Å². The zero-order valence-corrected chi connectivity index (χ0v) is 10.2. The van der Waals surface area contributed by atoms with Gasteiger partial charge in [-0.25, -0.2) is 9.78 Å². The van der Waals surface area contributed by atoms with Gasteiger partial charge in [-0.3, -0.25) is 0 Å². The lowest BCUT2D eigenvalue weighted by atomic mass is 10.1. The van der Waals surface area contributed by atoms with Gasteiger partial charge in [0.2, 0.25) is 5.88 Å². The summed E-state index contributed by atoms with van der Waals surface area (Å²) in [6.07, 6.45) is 1.42. The Bertz CT molecular complexity index is 593. The lowest BCUT2D eigenvalue weighted by molar-refractivity contribution is 0.0696. The normalized spacial score (nSPS) is 10.1. The molecule has 1 aromatic carbocycles. The molecule has 0 saturated heterocycles. The first-order valence-electron chi connectivity index (χ1n) is 5.51. The van der Waals surface area contributed by atoms with Crippen LogP contribution < -0.4 is 4.74 Å². The first-order chi connectivity index (χ1) is 8.56. The topological polar surface area (TPSA) is 59.4 Å². The number of benzene rings is 1. The second kappa shape index (κ2) is 4.87. The summed E-state index contributed by atoms with van der Waals surface area (Å²) in [6, 6.07) is 8.61. The number of ether oxygens (including phenoxy) is 1. The zero-order chi connectivity index (χ0) is 13.1. The van der Waals surface area contributed by atoms with Gasteiger partial charge in [-0.2, -0.15) is 0 Å². The molecule has 0 aliphatic heterocycles. The van der Waals surface area contributed by atoms with E-state index < -0.39 is 5.97 Å². The van der Waals surface area contributed by atoms with E-state index in [1.54, 1.807) is 0 Å². The maximum absolute atomic E-state index is 10.8. The van der Waals surface area contributed by atoms with Crippen molar-refractivity contribution in [2.24, 2.45) is 0 Å². The van der Waals surface area contributed by atoms with E-state index in [2.05, 4.69) is 4.98 Å². The summed E-state index contributed by atoms with van der Waals surface area (Å²) in [5.74, 6) is -0.0413. The highest BCUT2D eigenvalue weighted by Crippen LogP contribution is 2.24. The highest BCUT2D eigenvalue weighted by Gasteiger charge is 2.07. The molecule has 92 valence electrons. The monoisotopic (exact) mass is 243 g/mol. The quantitative estimate of drug-likeness (QED) is 0.899. The van der Waals surface area contributed by atoms with Crippen molar-refractivity contribution in [1.82, 2.24) is 4.98 Å². The Morgan fingerprint density at radius 2 is 2.00 bits per heavy atom. The van der Waals surface area contributed by atoms with E-state index in [0.717, 1.165) is 11.1 Å². The largest absolute Gasteiger partial charge is 0.478 e. The van der Waals surface area contributed by atoms with E-state index in [1.807, 2.05) is 32.0 Å². The molecule has 0 bridgehead atoms. The number of carbonyl (C=O) groups is 1. The first kappa shape index (κ1) is 12.1. The number of nitrogens with zero attached hydrogens (tertiary/aromatic N) is 1. The van der Waals surface area contributed by atoms with E-state index in [9.17, 15) is 4.79 Å². The van der Waals surface area contributed by atoms with Crippen LogP contribution in [-0.2, 0) is 0 Å². The Morgan fingerprint density at radius 1 is 1.22 bits per heavy atom. The molecule has 0 atom stereocenters. The van der Waals surface area contributed by atoms with Crippen molar-refractivity contribution >= 4 is 5.97 Å². The summed E-state index contributed by atoms with van der Waals surface area (Å²) in [4.78, 5) is 14.8. The van der Waals surface area contributed by atoms with Crippen LogP contribution in [0.2, 0.25) is 0 Å². The number of rotatable bonds is 3. The molecule has 18 heavy (non-hydrogen) atoms. The molecule has 1 N–H and O–H groups in total. The van der Waals surface area contributed by atoms with Gasteiger partial charge < -0.3 is 9.84 Å². The second-order valence-electron chi connectivity index (χ2n) is 4.06. The molecule has 0 radical (unpaired) electrons. The van der Waals surface area contributed by atoms with Crippen molar-refractivity contribution in [3.63, 3.8) is 0 Å². The van der Waals surface area contributed by atoms with Crippen molar-refractivity contribution in [3.8, 4) is 11.6 Å². The van der Waals surface area contributed by atoms with Crippen molar-refractivity contribution in [1.29, 1.82) is 0 Å². The smallest absolute Gasteiger partial charge is 0.335 e. The third-order valence-corrected chi connectivity index (χ3v) is 2.53. The Hall–Kier alpha value is -2.36. The minimum Gasteiger partial charge on any atom is -0.478 e. The minimum absolute atomic E-state index is 0.157. The molecular weight excluding hydrogens is 230 g/mol. The van der Waals surface area contributed by atoms with Crippen LogP contribution in [0.15, 0.2) is 36.5 Å². The Kier molecular flexibility index (Phi) is 3.28. The SMILES string of the molecule is Cc1ccc(Oc2cc(C(=O)O)ccn2)c(C)c1. The maximum Gasteiger partial charge on any atom is 0.335 e. The summed E-state index contributed by atoms with van der Waals surface area (Å²) < 4.78 is 5.58. The van der Waals surface area contributed by atoms with Crippen LogP contribution in [0.25, 0.3) is 0 Å². The number of carboxylic acid groups (broad SMARTS) is 1. The third kappa shape index (κ3) is 2.66. The van der Waals surface area contributed by atoms with Gasteiger partial charge in [-0.15, -0.1) is 0 Å². The van der Waals surface area contributed by atoms with Gasteiger partial charge in [0.15, 0.2) is 0 Å². The molecule has 1 heterocycles. The number of hydrogen-bond acceptors (Lipinski definition) is 3. The average Bonchev–Trinajstić information content (AvgIpc) is 2.33. The van der Waals surface area contributed by atoms with Gasteiger partial charge in [0.25, 0.3) is 0 Å². The number of hydrogen-bond donors (Lipinski definition) is 1. The van der Waals surface area contributed by atoms with Crippen molar-refractivity contribution in [2.75, 3.05) is 0 Å². The molecule has 0 saturated carbocycles. The molecular formula is C14H13NO3. The van der Waals surface area contributed by atoms with E-state index in [-0.39, 0.29) is 11.4 Å². The molecule has 4 heteroatoms. The molecule has 4 nitrogen and oxygen atoms in total. The highest BCUT2D eigenvalue weighted by atomic mass is 16.5. The number of carboxylic acids is 1. The van der Waals surface area contributed by atoms with Crippen molar-refractivity contribution < 1.29 is 14.6 Å². The molecule has 1 aromatic heterocycles. The number of pyridine rings is 1. The molecule has 0 aliphatic carbocycles. The van der Waals surface area contributed by atoms with Gasteiger partial charge in [0.1, 0.15) is 5.75 Å². The van der Waals surface area contributed by atoms with Crippen LogP contribution in [0.3, 0.4) is 0 Å². The van der Waals surface area contributed by atoms with E-state index in [1.165, 1.54) is 18.3 Å². The van der Waals surface area contributed by atoms with E-state index >= 15 is 0 Å². The van der Waals surface area contributed by atoms with Gasteiger partial charge in [-0.05, 0) is 31.5 Å². The number of aryl methyl sites for hydroxylation is 2. The fraction of sp³-hybridized carbons (Fsp3) is 0.143. The Labute approximate surface area is 105 Å². The zero-order valence-electron chi connectivity index (χ0n) is 10.2. The fourth-order valence-corrected chi connectivity index (χ4v) is 1.62. The molecule has 2 aromatic rings. The standard InChI is InChI=1S/C14H13NO3/c1-9-3-4-12(10(2)7-9)18-13-8-11(14(16)17)5-6-15-13/h3-8H,1-2H3,(H,16,17). The summed E-state index contributed by atoms with van der Waals surface area (Å²) in [6.45, 7) is 3.93. The predicted molar refractivity (Wildman–Crippen MR) is 67.2 cm³/mol. The first-order valence-corrected chi connectivity index (χ1v) is 5.51. The lowest BCUT2D eigenvalue weighted by Gasteiger charge is -2.08. The molecule has 0 amide bonds. The Balaban J connectivity index is 2.28. The van der Waals surface area contributed by atoms with Crippen LogP contribution >= 0.6 is 0 Å². The molecule has 0 spiro atoms. The Morgan fingerprint density at radius 3 is 2.67 bits per heavy atom. The van der Waals surface area contributed by atoms with Gasteiger partial charge >= 0.3 is 5.97 Å². The summed E-state index contributed by atoms with van der Waals surface area (Å²) in [7, 11) is 0. The van der Waals surface area contributed by atoms with Crippen LogP contribution in [-0.4, -0.2) is 16.1 Å². The van der Waals surface area contributed by atoms with E-state index in [4.69, 9.17) is 9.84 Å². The third-order valence-electron chi connectivity index (χ3n) is 2.53. The van der Waals surface area contributed by atoms with Gasteiger partial charge in [0, 0.05) is 12.3 Å². The summed E-state index contributed by atoms with van der Waals surface area (Å²) in [5.41, 5.74) is 2.29. The van der Waals surface area contributed by atoms with Crippen LogP contribution in [0.5, 0.6) is 11.6 Å². The van der Waals surface area contributed by atoms with Gasteiger partial charge in [-0.1, -0.05) is 17.7 Å². The number of aromatic carboxylic acids is 1. The summed E-state index contributed by atoms with van der Waals surface area (Å²) >= 11 is 0.